The highest BCUT2D eigenvalue weighted by atomic mass is 35.5. The van der Waals surface area contributed by atoms with Gasteiger partial charge in [0.15, 0.2) is 0 Å². The van der Waals surface area contributed by atoms with Crippen LogP contribution in [0.2, 0.25) is 0 Å². The number of halogens is 1. The summed E-state index contributed by atoms with van der Waals surface area (Å²) in [6, 6.07) is 0.326. The number of nitrogens with zero attached hydrogens (tertiary/aromatic N) is 1. The molecule has 1 heterocycles. The lowest BCUT2D eigenvalue weighted by atomic mass is 9.86. The normalized spacial score (nSPS) is 24.3. The number of amides is 1. The Morgan fingerprint density at radius 2 is 1.84 bits per heavy atom. The molecule has 112 valence electrons. The van der Waals surface area contributed by atoms with E-state index in [1.54, 1.807) is 0 Å². The van der Waals surface area contributed by atoms with Crippen LogP contribution in [0.5, 0.6) is 0 Å². The topological polar surface area (TPSA) is 46.3 Å². The lowest BCUT2D eigenvalue weighted by molar-refractivity contribution is -0.132. The van der Waals surface area contributed by atoms with Gasteiger partial charge in [0.1, 0.15) is 0 Å². The van der Waals surface area contributed by atoms with E-state index in [0.29, 0.717) is 18.5 Å². The molecule has 0 aromatic carbocycles. The highest BCUT2D eigenvalue weighted by Crippen LogP contribution is 2.28. The molecule has 0 aromatic rings. The highest BCUT2D eigenvalue weighted by Gasteiger charge is 2.27. The van der Waals surface area contributed by atoms with E-state index in [1.165, 1.54) is 38.5 Å². The molecular formula is C15H29ClN2O. The fraction of sp³-hybridized carbons (Fsp3) is 0.933. The molecule has 4 heteroatoms. The van der Waals surface area contributed by atoms with Crippen molar-refractivity contribution in [2.45, 2.75) is 70.3 Å². The van der Waals surface area contributed by atoms with E-state index in [9.17, 15) is 4.79 Å². The summed E-state index contributed by atoms with van der Waals surface area (Å²) in [6.07, 6.45) is 12.3. The summed E-state index contributed by atoms with van der Waals surface area (Å²) >= 11 is 0. The fourth-order valence-corrected chi connectivity index (χ4v) is 3.57. The van der Waals surface area contributed by atoms with Crippen LogP contribution < -0.4 is 5.73 Å². The van der Waals surface area contributed by atoms with Crippen molar-refractivity contribution in [3.63, 3.8) is 0 Å². The Kier molecular flexibility index (Phi) is 7.77. The molecular weight excluding hydrogens is 260 g/mol. The van der Waals surface area contributed by atoms with Crippen LogP contribution in [0.1, 0.15) is 64.2 Å². The summed E-state index contributed by atoms with van der Waals surface area (Å²) in [6.45, 7) is 1.57. The second kappa shape index (κ2) is 8.80. The minimum Gasteiger partial charge on any atom is -0.338 e. The van der Waals surface area contributed by atoms with E-state index in [0.717, 1.165) is 38.1 Å². The maximum atomic E-state index is 12.1. The van der Waals surface area contributed by atoms with E-state index in [2.05, 4.69) is 0 Å². The largest absolute Gasteiger partial charge is 0.338 e. The third-order valence-corrected chi connectivity index (χ3v) is 4.70. The van der Waals surface area contributed by atoms with Crippen molar-refractivity contribution < 1.29 is 4.79 Å². The summed E-state index contributed by atoms with van der Waals surface area (Å²) in [5.74, 6) is 1.24. The Bertz CT molecular complexity index is 267. The van der Waals surface area contributed by atoms with Gasteiger partial charge in [0.2, 0.25) is 5.91 Å². The summed E-state index contributed by atoms with van der Waals surface area (Å²) in [7, 11) is 0. The van der Waals surface area contributed by atoms with Crippen molar-refractivity contribution >= 4 is 18.3 Å². The number of carbonyl (C=O) groups is 1. The first-order valence-electron chi connectivity index (χ1n) is 7.81. The number of carbonyl (C=O) groups excluding carboxylic acids is 1. The van der Waals surface area contributed by atoms with E-state index >= 15 is 0 Å². The van der Waals surface area contributed by atoms with Gasteiger partial charge in [-0.3, -0.25) is 4.79 Å². The maximum absolute atomic E-state index is 12.1. The van der Waals surface area contributed by atoms with Gasteiger partial charge in [0.05, 0.1) is 0 Å². The molecule has 19 heavy (non-hydrogen) atoms. The molecule has 3 nitrogen and oxygen atoms in total. The minimum atomic E-state index is 0. The van der Waals surface area contributed by atoms with Crippen molar-refractivity contribution in [3.05, 3.63) is 0 Å². The number of likely N-dealkylation sites (tertiary alicyclic amines) is 1. The smallest absolute Gasteiger partial charge is 0.222 e. The first-order chi connectivity index (χ1) is 8.81. The van der Waals surface area contributed by atoms with E-state index in [4.69, 9.17) is 5.73 Å². The highest BCUT2D eigenvalue weighted by molar-refractivity contribution is 5.85. The summed E-state index contributed by atoms with van der Waals surface area (Å²) < 4.78 is 0. The van der Waals surface area contributed by atoms with Crippen LogP contribution in [-0.2, 0) is 4.79 Å². The molecule has 0 bridgehead atoms. The quantitative estimate of drug-likeness (QED) is 0.845. The van der Waals surface area contributed by atoms with Gasteiger partial charge in [-0.2, -0.15) is 0 Å². The number of hydrogen-bond donors (Lipinski definition) is 1. The van der Waals surface area contributed by atoms with Gasteiger partial charge in [-0.25, -0.2) is 0 Å². The van der Waals surface area contributed by atoms with Gasteiger partial charge in [-0.1, -0.05) is 32.1 Å². The van der Waals surface area contributed by atoms with E-state index in [1.807, 2.05) is 4.90 Å². The fourth-order valence-electron chi connectivity index (χ4n) is 3.57. The van der Waals surface area contributed by atoms with Crippen LogP contribution in [0.25, 0.3) is 0 Å². The Hall–Kier alpha value is -0.280. The molecule has 1 unspecified atom stereocenters. The Labute approximate surface area is 123 Å². The monoisotopic (exact) mass is 288 g/mol. The second-order valence-corrected chi connectivity index (χ2v) is 6.02. The molecule has 1 aliphatic carbocycles. The Morgan fingerprint density at radius 3 is 2.53 bits per heavy atom. The number of nitrogens with two attached hydrogens (primary N) is 1. The average molecular weight is 289 g/mol. The third-order valence-electron chi connectivity index (χ3n) is 4.70. The summed E-state index contributed by atoms with van der Waals surface area (Å²) in [4.78, 5) is 14.2. The molecule has 0 radical (unpaired) electrons. The Morgan fingerprint density at radius 1 is 1.11 bits per heavy atom. The van der Waals surface area contributed by atoms with Gasteiger partial charge in [-0.15, -0.1) is 12.4 Å². The molecule has 2 rings (SSSR count). The molecule has 1 amide bonds. The zero-order valence-corrected chi connectivity index (χ0v) is 12.8. The van der Waals surface area contributed by atoms with Crippen LogP contribution in [0.3, 0.4) is 0 Å². The van der Waals surface area contributed by atoms with Gasteiger partial charge in [-0.05, 0) is 31.6 Å². The molecule has 1 saturated heterocycles. The van der Waals surface area contributed by atoms with Gasteiger partial charge in [0.25, 0.3) is 0 Å². The van der Waals surface area contributed by atoms with Crippen molar-refractivity contribution in [1.82, 2.24) is 4.90 Å². The van der Waals surface area contributed by atoms with Gasteiger partial charge >= 0.3 is 0 Å². The van der Waals surface area contributed by atoms with Crippen LogP contribution in [0.4, 0.5) is 0 Å². The molecule has 1 saturated carbocycles. The minimum absolute atomic E-state index is 0. The molecule has 2 N–H and O–H groups in total. The predicted octanol–water partition coefficient (Wildman–Crippen LogP) is 3.11. The Balaban J connectivity index is 0.00000180. The molecule has 0 aromatic heterocycles. The number of hydrogen-bond acceptors (Lipinski definition) is 2. The van der Waals surface area contributed by atoms with Crippen molar-refractivity contribution in [2.24, 2.45) is 11.7 Å². The van der Waals surface area contributed by atoms with Crippen molar-refractivity contribution in [3.8, 4) is 0 Å². The van der Waals surface area contributed by atoms with E-state index in [-0.39, 0.29) is 12.4 Å². The SMILES string of the molecule is Cl.NCC1CCCN1C(=O)CCCC1CCCCC1. The van der Waals surface area contributed by atoms with Crippen LogP contribution in [0, 0.1) is 5.92 Å². The van der Waals surface area contributed by atoms with Gasteiger partial charge in [0, 0.05) is 25.6 Å². The molecule has 2 aliphatic rings. The summed E-state index contributed by atoms with van der Waals surface area (Å²) in [5.41, 5.74) is 5.71. The molecule has 2 fully saturated rings. The maximum Gasteiger partial charge on any atom is 0.222 e. The second-order valence-electron chi connectivity index (χ2n) is 6.02. The van der Waals surface area contributed by atoms with Crippen LogP contribution in [0.15, 0.2) is 0 Å². The lowest BCUT2D eigenvalue weighted by Crippen LogP contribution is -2.39. The van der Waals surface area contributed by atoms with Crippen molar-refractivity contribution in [1.29, 1.82) is 0 Å². The van der Waals surface area contributed by atoms with Crippen LogP contribution >= 0.6 is 12.4 Å². The standard InChI is InChI=1S/C15H28N2O.ClH/c16-12-14-9-5-11-17(14)15(18)10-4-8-13-6-2-1-3-7-13;/h13-14H,1-12,16H2;1H. The molecule has 1 atom stereocenters. The predicted molar refractivity (Wildman–Crippen MR) is 81.5 cm³/mol. The van der Waals surface area contributed by atoms with E-state index < -0.39 is 0 Å². The van der Waals surface area contributed by atoms with Gasteiger partial charge < -0.3 is 10.6 Å². The zero-order chi connectivity index (χ0) is 12.8. The lowest BCUT2D eigenvalue weighted by Gasteiger charge is -2.24. The molecule has 1 aliphatic heterocycles. The molecule has 0 spiro atoms. The number of rotatable bonds is 5. The first kappa shape index (κ1) is 16.8. The van der Waals surface area contributed by atoms with Crippen molar-refractivity contribution in [2.75, 3.05) is 13.1 Å². The first-order valence-corrected chi connectivity index (χ1v) is 7.81. The van der Waals surface area contributed by atoms with Crippen LogP contribution in [-0.4, -0.2) is 29.9 Å². The third kappa shape index (κ3) is 4.96. The average Bonchev–Trinajstić information content (AvgIpc) is 2.88. The zero-order valence-electron chi connectivity index (χ0n) is 12.0. The summed E-state index contributed by atoms with van der Waals surface area (Å²) in [5, 5.41) is 0.